The molecule has 0 saturated heterocycles. The van der Waals surface area contributed by atoms with Crippen LogP contribution in [0.4, 0.5) is 0 Å². The summed E-state index contributed by atoms with van der Waals surface area (Å²) in [5, 5.41) is 12.8. The largest absolute Gasteiger partial charge is 0.497 e. The maximum atomic E-state index is 15.1. The zero-order valence-corrected chi connectivity index (χ0v) is 19.0. The Morgan fingerprint density at radius 2 is 1.26 bits per heavy atom. The van der Waals surface area contributed by atoms with Gasteiger partial charge in [-0.15, -0.1) is 0 Å². The Balaban J connectivity index is 2.29. The van der Waals surface area contributed by atoms with Crippen LogP contribution in [0.5, 0.6) is 5.75 Å². The smallest absolute Gasteiger partial charge is 0.261 e. The van der Waals surface area contributed by atoms with Crippen LogP contribution in [0.15, 0.2) is 84.9 Å². The summed E-state index contributed by atoms with van der Waals surface area (Å²) in [6.45, 7) is 4.01. The monoisotopic (exact) mass is 440 g/mol. The molecule has 0 radical (unpaired) electrons. The summed E-state index contributed by atoms with van der Waals surface area (Å²) in [6.07, 6.45) is -1.32. The molecule has 1 N–H and O–H groups in total. The molecule has 0 aliphatic heterocycles. The molecule has 0 aliphatic carbocycles. The van der Waals surface area contributed by atoms with Gasteiger partial charge in [0.05, 0.1) is 7.11 Å². The van der Waals surface area contributed by atoms with Crippen molar-refractivity contribution in [2.24, 2.45) is 0 Å². The van der Waals surface area contributed by atoms with Crippen molar-refractivity contribution in [3.05, 3.63) is 90.5 Å². The number of aliphatic hydroxyl groups is 1. The lowest BCUT2D eigenvalue weighted by Gasteiger charge is -2.43. The van der Waals surface area contributed by atoms with E-state index in [1.165, 1.54) is 0 Å². The fraction of sp³-hybridized carbons (Fsp3) is 0.280. The average molecular weight is 440 g/mol. The van der Waals surface area contributed by atoms with E-state index in [2.05, 4.69) is 0 Å². The minimum atomic E-state index is -3.66. The SMILES string of the molecule is CCOC(OCC)(C(O)c1ccc(OC)cc1)P(=O)(c1ccccc1)c1ccccc1. The standard InChI is InChI=1S/C25H29O5P/c1-4-29-25(30-5-2,24(26)20-16-18-21(28-3)19-17-20)31(27,22-12-8-6-9-13-22)23-14-10-7-11-15-23/h6-19,24,26H,4-5H2,1-3H3. The molecule has 1 atom stereocenters. The van der Waals surface area contributed by atoms with Crippen molar-refractivity contribution in [3.8, 4) is 5.75 Å². The second kappa shape index (κ2) is 10.3. The summed E-state index contributed by atoms with van der Waals surface area (Å²) >= 11 is 0. The van der Waals surface area contributed by atoms with Gasteiger partial charge < -0.3 is 23.9 Å². The van der Waals surface area contributed by atoms with E-state index in [4.69, 9.17) is 14.2 Å². The summed E-state index contributed by atoms with van der Waals surface area (Å²) in [4.78, 5) is 0. The molecule has 6 heteroatoms. The van der Waals surface area contributed by atoms with Crippen molar-refractivity contribution >= 4 is 17.8 Å². The van der Waals surface area contributed by atoms with Crippen LogP contribution in [0, 0.1) is 0 Å². The Morgan fingerprint density at radius 1 is 0.806 bits per heavy atom. The van der Waals surface area contributed by atoms with Gasteiger partial charge in [0.2, 0.25) is 7.14 Å². The Morgan fingerprint density at radius 3 is 1.65 bits per heavy atom. The molecule has 3 rings (SSSR count). The maximum Gasteiger partial charge on any atom is 0.261 e. The van der Waals surface area contributed by atoms with Gasteiger partial charge in [-0.1, -0.05) is 72.8 Å². The van der Waals surface area contributed by atoms with E-state index in [1.807, 2.05) is 36.4 Å². The second-order valence-corrected chi connectivity index (χ2v) is 9.83. The molecule has 0 amide bonds. The van der Waals surface area contributed by atoms with E-state index < -0.39 is 18.8 Å². The van der Waals surface area contributed by atoms with Crippen molar-refractivity contribution in [1.82, 2.24) is 0 Å². The van der Waals surface area contributed by atoms with Crippen LogP contribution in [-0.2, 0) is 14.0 Å². The predicted octanol–water partition coefficient (Wildman–Crippen LogP) is 4.47. The molecule has 0 spiro atoms. The van der Waals surface area contributed by atoms with Crippen LogP contribution in [0.2, 0.25) is 0 Å². The molecule has 0 aliphatic rings. The van der Waals surface area contributed by atoms with E-state index in [1.54, 1.807) is 69.5 Å². The van der Waals surface area contributed by atoms with E-state index >= 15 is 4.57 Å². The van der Waals surface area contributed by atoms with Gasteiger partial charge in [0, 0.05) is 23.8 Å². The zero-order chi connectivity index (χ0) is 22.3. The lowest BCUT2D eigenvalue weighted by atomic mass is 10.1. The number of methoxy groups -OCH3 is 1. The summed E-state index contributed by atoms with van der Waals surface area (Å²) in [6, 6.07) is 25.2. The van der Waals surface area contributed by atoms with Gasteiger partial charge in [-0.3, -0.25) is 0 Å². The molecule has 0 heterocycles. The molecule has 0 fully saturated rings. The van der Waals surface area contributed by atoms with Crippen LogP contribution < -0.4 is 15.3 Å². The third-order valence-electron chi connectivity index (χ3n) is 5.16. The molecule has 164 valence electrons. The molecule has 3 aromatic carbocycles. The van der Waals surface area contributed by atoms with Crippen molar-refractivity contribution in [3.63, 3.8) is 0 Å². The van der Waals surface area contributed by atoms with Gasteiger partial charge in [0.25, 0.3) is 5.53 Å². The fourth-order valence-corrected chi connectivity index (χ4v) is 7.07. The maximum absolute atomic E-state index is 15.1. The highest BCUT2D eigenvalue weighted by molar-refractivity contribution is 7.79. The number of rotatable bonds is 10. The molecule has 3 aromatic rings. The van der Waals surface area contributed by atoms with Crippen LogP contribution in [0.25, 0.3) is 0 Å². The highest BCUT2D eigenvalue weighted by Crippen LogP contribution is 2.62. The molecule has 0 saturated carbocycles. The first-order chi connectivity index (χ1) is 15.0. The molecule has 0 aromatic heterocycles. The van der Waals surface area contributed by atoms with Gasteiger partial charge in [0.15, 0.2) is 0 Å². The van der Waals surface area contributed by atoms with E-state index in [0.29, 0.717) is 21.9 Å². The fourth-order valence-electron chi connectivity index (χ4n) is 3.75. The number of hydrogen-bond acceptors (Lipinski definition) is 5. The van der Waals surface area contributed by atoms with Crippen LogP contribution in [0.3, 0.4) is 0 Å². The van der Waals surface area contributed by atoms with Crippen LogP contribution in [-0.4, -0.2) is 31.0 Å². The Hall–Kier alpha value is -2.43. The Labute approximate surface area is 184 Å². The first kappa shape index (κ1) is 23.2. The van der Waals surface area contributed by atoms with E-state index in [9.17, 15) is 5.11 Å². The van der Waals surface area contributed by atoms with Crippen molar-refractivity contribution in [1.29, 1.82) is 0 Å². The minimum absolute atomic E-state index is 0.205. The summed E-state index contributed by atoms with van der Waals surface area (Å²) in [5.74, 6) is 0.656. The van der Waals surface area contributed by atoms with Gasteiger partial charge in [-0.05, 0) is 31.5 Å². The lowest BCUT2D eigenvalue weighted by Crippen LogP contribution is -2.48. The average Bonchev–Trinajstić information content (AvgIpc) is 2.84. The number of hydrogen-bond donors (Lipinski definition) is 1. The van der Waals surface area contributed by atoms with Gasteiger partial charge in [0.1, 0.15) is 11.9 Å². The lowest BCUT2D eigenvalue weighted by molar-refractivity contribution is -0.226. The summed E-state index contributed by atoms with van der Waals surface area (Å²) < 4.78 is 32.7. The van der Waals surface area contributed by atoms with Crippen LogP contribution in [0.1, 0.15) is 25.5 Å². The number of aliphatic hydroxyl groups excluding tert-OH is 1. The molecule has 1 unspecified atom stereocenters. The second-order valence-electron chi connectivity index (χ2n) is 6.95. The first-order valence-electron chi connectivity index (χ1n) is 10.3. The van der Waals surface area contributed by atoms with E-state index in [-0.39, 0.29) is 13.2 Å². The minimum Gasteiger partial charge on any atom is -0.497 e. The highest BCUT2D eigenvalue weighted by atomic mass is 31.2. The molecular formula is C25H29O5P. The molecule has 0 bridgehead atoms. The first-order valence-corrected chi connectivity index (χ1v) is 12.1. The molecular weight excluding hydrogens is 411 g/mol. The van der Waals surface area contributed by atoms with Gasteiger partial charge in [-0.2, -0.15) is 0 Å². The Kier molecular flexibility index (Phi) is 7.69. The van der Waals surface area contributed by atoms with Gasteiger partial charge in [-0.25, -0.2) is 0 Å². The highest BCUT2D eigenvalue weighted by Gasteiger charge is 2.58. The van der Waals surface area contributed by atoms with Crippen molar-refractivity contribution in [2.45, 2.75) is 25.5 Å². The zero-order valence-electron chi connectivity index (χ0n) is 18.1. The normalized spacial score (nSPS) is 13.0. The number of benzene rings is 3. The molecule has 31 heavy (non-hydrogen) atoms. The quantitative estimate of drug-likeness (QED) is 0.372. The summed E-state index contributed by atoms with van der Waals surface area (Å²) in [5.41, 5.74) is -1.29. The topological polar surface area (TPSA) is 65.0 Å². The van der Waals surface area contributed by atoms with Crippen molar-refractivity contribution < 1.29 is 23.9 Å². The third kappa shape index (κ3) is 4.32. The van der Waals surface area contributed by atoms with E-state index in [0.717, 1.165) is 0 Å². The number of ether oxygens (including phenoxy) is 3. The van der Waals surface area contributed by atoms with Crippen molar-refractivity contribution in [2.75, 3.05) is 20.3 Å². The van der Waals surface area contributed by atoms with Gasteiger partial charge >= 0.3 is 0 Å². The Bertz CT molecular complexity index is 940. The summed E-state index contributed by atoms with van der Waals surface area (Å²) in [7, 11) is -2.09. The molecule has 5 nitrogen and oxygen atoms in total. The van der Waals surface area contributed by atoms with Crippen LogP contribution >= 0.6 is 7.14 Å². The third-order valence-corrected chi connectivity index (χ3v) is 8.59. The predicted molar refractivity (Wildman–Crippen MR) is 124 cm³/mol.